The first-order chi connectivity index (χ1) is 7.86. The van der Waals surface area contributed by atoms with E-state index in [2.05, 4.69) is 11.8 Å². The second-order valence-corrected chi connectivity index (χ2v) is 5.35. The van der Waals surface area contributed by atoms with Crippen LogP contribution in [0.3, 0.4) is 0 Å². The molecule has 19 heavy (non-hydrogen) atoms. The summed E-state index contributed by atoms with van der Waals surface area (Å²) in [5, 5.41) is 0. The van der Waals surface area contributed by atoms with Crippen molar-refractivity contribution < 1.29 is 9.53 Å². The Hall–Kier alpha value is -0.0700. The molecule has 1 fully saturated rings. The van der Waals surface area contributed by atoms with Crippen LogP contribution in [0.5, 0.6) is 0 Å². The molecule has 116 valence electrons. The van der Waals surface area contributed by atoms with Gasteiger partial charge in [0, 0.05) is 39.3 Å². The fourth-order valence-electron chi connectivity index (χ4n) is 2.13. The first kappa shape index (κ1) is 21.2. The fourth-order valence-corrected chi connectivity index (χ4v) is 2.13. The molecule has 5 nitrogen and oxygen atoms in total. The lowest BCUT2D eigenvalue weighted by Gasteiger charge is -2.41. The highest BCUT2D eigenvalue weighted by Crippen LogP contribution is 2.13. The zero-order valence-electron chi connectivity index (χ0n) is 12.2. The van der Waals surface area contributed by atoms with Gasteiger partial charge < -0.3 is 15.4 Å². The summed E-state index contributed by atoms with van der Waals surface area (Å²) >= 11 is 0. The van der Waals surface area contributed by atoms with Gasteiger partial charge in [0.05, 0.1) is 12.1 Å². The minimum Gasteiger partial charge on any atom is -0.383 e. The predicted octanol–water partition coefficient (Wildman–Crippen LogP) is 0.746. The Kier molecular flexibility index (Phi) is 10.0. The number of carbonyl (C=O) groups is 1. The summed E-state index contributed by atoms with van der Waals surface area (Å²) in [5.74, 6) is 0.0377. The molecule has 1 aliphatic rings. The highest BCUT2D eigenvalue weighted by Gasteiger charge is 2.32. The molecule has 0 bridgehead atoms. The summed E-state index contributed by atoms with van der Waals surface area (Å²) in [6, 6.07) is 0.366. The van der Waals surface area contributed by atoms with Crippen LogP contribution in [-0.4, -0.2) is 67.2 Å². The lowest BCUT2D eigenvalue weighted by atomic mass is 10.0. The molecular weight excluding hydrogens is 289 g/mol. The van der Waals surface area contributed by atoms with Crippen molar-refractivity contribution in [1.29, 1.82) is 0 Å². The number of methoxy groups -OCH3 is 1. The fraction of sp³-hybridized carbons (Fsp3) is 0.917. The Morgan fingerprint density at radius 1 is 1.37 bits per heavy atom. The number of halogens is 2. The highest BCUT2D eigenvalue weighted by molar-refractivity contribution is 5.86. The Balaban J connectivity index is 0. The zero-order chi connectivity index (χ0) is 13.1. The molecular formula is C12H27Cl2N3O2. The maximum absolute atomic E-state index is 12.0. The molecule has 1 atom stereocenters. The van der Waals surface area contributed by atoms with Gasteiger partial charge in [0.2, 0.25) is 5.91 Å². The van der Waals surface area contributed by atoms with E-state index in [1.165, 1.54) is 0 Å². The van der Waals surface area contributed by atoms with Crippen molar-refractivity contribution in [2.45, 2.75) is 32.4 Å². The third-order valence-corrected chi connectivity index (χ3v) is 3.19. The molecule has 0 aromatic carbocycles. The number of hydrogen-bond acceptors (Lipinski definition) is 4. The molecule has 0 radical (unpaired) electrons. The Labute approximate surface area is 128 Å². The summed E-state index contributed by atoms with van der Waals surface area (Å²) < 4.78 is 5.08. The van der Waals surface area contributed by atoms with Gasteiger partial charge in [0.25, 0.3) is 0 Å². The number of hydrogen-bond donors (Lipinski definition) is 1. The SMILES string of the molecule is COCCN1CCN(C(=O)C(C)(C)N)CC1C.Cl.Cl. The Bertz CT molecular complexity index is 272. The minimum atomic E-state index is -0.769. The van der Waals surface area contributed by atoms with Crippen molar-refractivity contribution in [3.05, 3.63) is 0 Å². The Morgan fingerprint density at radius 3 is 2.37 bits per heavy atom. The monoisotopic (exact) mass is 315 g/mol. The maximum atomic E-state index is 12.0. The van der Waals surface area contributed by atoms with Gasteiger partial charge in [0.1, 0.15) is 0 Å². The van der Waals surface area contributed by atoms with Crippen LogP contribution in [0, 0.1) is 0 Å². The number of carbonyl (C=O) groups excluding carboxylic acids is 1. The van der Waals surface area contributed by atoms with Gasteiger partial charge in [-0.1, -0.05) is 0 Å². The molecule has 0 saturated carbocycles. The van der Waals surface area contributed by atoms with Gasteiger partial charge in [-0.25, -0.2) is 0 Å². The first-order valence-electron chi connectivity index (χ1n) is 6.17. The van der Waals surface area contributed by atoms with Crippen LogP contribution in [0.1, 0.15) is 20.8 Å². The number of piperazine rings is 1. The number of nitrogens with zero attached hydrogens (tertiary/aromatic N) is 2. The zero-order valence-corrected chi connectivity index (χ0v) is 13.9. The third kappa shape index (κ3) is 6.27. The van der Waals surface area contributed by atoms with E-state index in [-0.39, 0.29) is 30.7 Å². The molecule has 0 aliphatic carbocycles. The van der Waals surface area contributed by atoms with Crippen molar-refractivity contribution in [1.82, 2.24) is 9.80 Å². The molecule has 1 amide bonds. The molecule has 1 unspecified atom stereocenters. The topological polar surface area (TPSA) is 58.8 Å². The van der Waals surface area contributed by atoms with Gasteiger partial charge >= 0.3 is 0 Å². The van der Waals surface area contributed by atoms with E-state index in [1.54, 1.807) is 21.0 Å². The van der Waals surface area contributed by atoms with Gasteiger partial charge in [-0.05, 0) is 20.8 Å². The van der Waals surface area contributed by atoms with Crippen molar-refractivity contribution in [3.8, 4) is 0 Å². The number of amides is 1. The van der Waals surface area contributed by atoms with Crippen LogP contribution in [0.15, 0.2) is 0 Å². The first-order valence-corrected chi connectivity index (χ1v) is 6.17. The van der Waals surface area contributed by atoms with E-state index in [0.717, 1.165) is 32.8 Å². The lowest BCUT2D eigenvalue weighted by molar-refractivity contribution is -0.138. The van der Waals surface area contributed by atoms with Gasteiger partial charge in [-0.2, -0.15) is 0 Å². The maximum Gasteiger partial charge on any atom is 0.242 e. The standard InChI is InChI=1S/C12H25N3O2.2ClH/c1-10-9-15(11(16)12(2,3)13)6-5-14(10)7-8-17-4;;/h10H,5-9,13H2,1-4H3;2*1H. The average molecular weight is 316 g/mol. The molecule has 7 heteroatoms. The van der Waals surface area contributed by atoms with Crippen LogP contribution in [0.4, 0.5) is 0 Å². The van der Waals surface area contributed by atoms with Gasteiger partial charge in [-0.15, -0.1) is 24.8 Å². The third-order valence-electron chi connectivity index (χ3n) is 3.19. The van der Waals surface area contributed by atoms with Crippen LogP contribution < -0.4 is 5.73 Å². The Morgan fingerprint density at radius 2 is 1.95 bits per heavy atom. The minimum absolute atomic E-state index is 0. The largest absolute Gasteiger partial charge is 0.383 e. The summed E-state index contributed by atoms with van der Waals surface area (Å²) in [7, 11) is 1.71. The van der Waals surface area contributed by atoms with Crippen LogP contribution in [-0.2, 0) is 9.53 Å². The number of ether oxygens (including phenoxy) is 1. The van der Waals surface area contributed by atoms with Gasteiger partial charge in [0.15, 0.2) is 0 Å². The van der Waals surface area contributed by atoms with Crippen LogP contribution in [0.2, 0.25) is 0 Å². The van der Waals surface area contributed by atoms with E-state index in [1.807, 2.05) is 4.90 Å². The van der Waals surface area contributed by atoms with Crippen molar-refractivity contribution in [3.63, 3.8) is 0 Å². The molecule has 1 heterocycles. The predicted molar refractivity (Wildman–Crippen MR) is 82.3 cm³/mol. The van der Waals surface area contributed by atoms with E-state index in [9.17, 15) is 4.79 Å². The van der Waals surface area contributed by atoms with E-state index in [4.69, 9.17) is 10.5 Å². The van der Waals surface area contributed by atoms with Crippen molar-refractivity contribution in [2.24, 2.45) is 5.73 Å². The second kappa shape index (κ2) is 8.97. The number of rotatable bonds is 4. The van der Waals surface area contributed by atoms with Crippen molar-refractivity contribution in [2.75, 3.05) is 39.9 Å². The van der Waals surface area contributed by atoms with Crippen molar-refractivity contribution >= 4 is 30.7 Å². The molecule has 2 N–H and O–H groups in total. The van der Waals surface area contributed by atoms with Crippen LogP contribution in [0.25, 0.3) is 0 Å². The summed E-state index contributed by atoms with van der Waals surface area (Å²) in [4.78, 5) is 16.3. The van der Waals surface area contributed by atoms with E-state index < -0.39 is 5.54 Å². The summed E-state index contributed by atoms with van der Waals surface area (Å²) in [6.45, 7) is 9.72. The molecule has 0 aromatic rings. The summed E-state index contributed by atoms with van der Waals surface area (Å²) in [6.07, 6.45) is 0. The average Bonchev–Trinajstić information content (AvgIpc) is 2.25. The lowest BCUT2D eigenvalue weighted by Crippen LogP contribution is -2.59. The van der Waals surface area contributed by atoms with Gasteiger partial charge in [-0.3, -0.25) is 9.69 Å². The quantitative estimate of drug-likeness (QED) is 0.831. The van der Waals surface area contributed by atoms with E-state index in [0.29, 0.717) is 6.04 Å². The molecule has 0 spiro atoms. The number of nitrogens with two attached hydrogens (primary N) is 1. The molecule has 1 aliphatic heterocycles. The van der Waals surface area contributed by atoms with E-state index >= 15 is 0 Å². The summed E-state index contributed by atoms with van der Waals surface area (Å²) in [5.41, 5.74) is 5.08. The second-order valence-electron chi connectivity index (χ2n) is 5.35. The highest BCUT2D eigenvalue weighted by atomic mass is 35.5. The molecule has 0 aromatic heterocycles. The normalized spacial score (nSPS) is 20.5. The molecule has 1 rings (SSSR count). The smallest absolute Gasteiger partial charge is 0.242 e. The molecule has 1 saturated heterocycles. The van der Waals surface area contributed by atoms with Crippen LogP contribution >= 0.6 is 24.8 Å².